The minimum Gasteiger partial charge on any atom is -0.368 e. The highest BCUT2D eigenvalue weighted by atomic mass is 35.5. The lowest BCUT2D eigenvalue weighted by Gasteiger charge is -2.37. The third kappa shape index (κ3) is 7.03. The van der Waals surface area contributed by atoms with Crippen molar-refractivity contribution in [2.75, 3.05) is 50.7 Å². The van der Waals surface area contributed by atoms with Crippen LogP contribution in [0.1, 0.15) is 27.7 Å². The molecule has 0 spiro atoms. The van der Waals surface area contributed by atoms with E-state index in [0.29, 0.717) is 19.6 Å². The van der Waals surface area contributed by atoms with Crippen LogP contribution in [0.4, 0.5) is 5.69 Å². The predicted octanol–water partition coefficient (Wildman–Crippen LogP) is 2.23. The molecular formula is C20H31ClN4O2. The second-order valence-corrected chi connectivity index (χ2v) is 8.39. The number of hydrogen-bond acceptors (Lipinski definition) is 4. The van der Waals surface area contributed by atoms with E-state index in [1.807, 2.05) is 61.8 Å². The Kier molecular flexibility index (Phi) is 7.50. The predicted molar refractivity (Wildman–Crippen MR) is 110 cm³/mol. The molecule has 1 fully saturated rings. The zero-order chi connectivity index (χ0) is 20.0. The van der Waals surface area contributed by atoms with Gasteiger partial charge in [0.15, 0.2) is 0 Å². The summed E-state index contributed by atoms with van der Waals surface area (Å²) in [6.45, 7) is 11.9. The molecule has 2 amide bonds. The molecule has 0 atom stereocenters. The Morgan fingerprint density at radius 2 is 1.81 bits per heavy atom. The number of carbonyl (C=O) groups is 2. The van der Waals surface area contributed by atoms with Gasteiger partial charge in [-0.05, 0) is 45.5 Å². The summed E-state index contributed by atoms with van der Waals surface area (Å²) in [5.74, 6) is 0.0223. The third-order valence-electron chi connectivity index (χ3n) is 4.49. The van der Waals surface area contributed by atoms with Gasteiger partial charge in [-0.25, -0.2) is 0 Å². The third-order valence-corrected chi connectivity index (χ3v) is 4.73. The second kappa shape index (κ2) is 9.42. The first-order chi connectivity index (χ1) is 12.7. The summed E-state index contributed by atoms with van der Waals surface area (Å²) in [4.78, 5) is 30.8. The van der Waals surface area contributed by atoms with Gasteiger partial charge >= 0.3 is 0 Å². The fourth-order valence-corrected chi connectivity index (χ4v) is 3.30. The van der Waals surface area contributed by atoms with Crippen molar-refractivity contribution >= 4 is 29.1 Å². The molecule has 27 heavy (non-hydrogen) atoms. The van der Waals surface area contributed by atoms with Gasteiger partial charge in [0.05, 0.1) is 13.1 Å². The molecular weight excluding hydrogens is 364 g/mol. The van der Waals surface area contributed by atoms with Crippen LogP contribution in [0, 0.1) is 0 Å². The zero-order valence-electron chi connectivity index (χ0n) is 16.8. The Hall–Kier alpha value is -1.79. The average molecular weight is 395 g/mol. The normalized spacial score (nSPS) is 15.2. The van der Waals surface area contributed by atoms with E-state index in [0.717, 1.165) is 23.8 Å². The molecule has 0 aromatic heterocycles. The number of nitrogens with one attached hydrogen (secondary N) is 1. The highest BCUT2D eigenvalue weighted by molar-refractivity contribution is 6.30. The summed E-state index contributed by atoms with van der Waals surface area (Å²) < 4.78 is 0. The van der Waals surface area contributed by atoms with Gasteiger partial charge in [0.25, 0.3) is 0 Å². The van der Waals surface area contributed by atoms with Crippen LogP contribution >= 0.6 is 11.6 Å². The number of halogens is 1. The molecule has 1 N–H and O–H groups in total. The monoisotopic (exact) mass is 394 g/mol. The first kappa shape index (κ1) is 21.5. The standard InChI is InChI=1S/C20H31ClN4O2/c1-5-23(14-18(26)22-20(2,3)4)15-19(27)25-11-9-24(10-12-25)17-8-6-7-16(21)13-17/h6-8,13H,5,9-12,14-15H2,1-4H3,(H,22,26). The van der Waals surface area contributed by atoms with Gasteiger partial charge in [-0.1, -0.05) is 24.6 Å². The Bertz CT molecular complexity index is 652. The molecule has 0 saturated carbocycles. The highest BCUT2D eigenvalue weighted by Crippen LogP contribution is 2.20. The van der Waals surface area contributed by atoms with Crippen LogP contribution in [0.15, 0.2) is 24.3 Å². The topological polar surface area (TPSA) is 55.9 Å². The lowest BCUT2D eigenvalue weighted by molar-refractivity contribution is -0.133. The SMILES string of the molecule is CCN(CC(=O)NC(C)(C)C)CC(=O)N1CCN(c2cccc(Cl)c2)CC1. The zero-order valence-corrected chi connectivity index (χ0v) is 17.6. The van der Waals surface area contributed by atoms with Crippen LogP contribution in [-0.4, -0.2) is 73.0 Å². The van der Waals surface area contributed by atoms with E-state index in [1.54, 1.807) is 0 Å². The lowest BCUT2D eigenvalue weighted by atomic mass is 10.1. The number of nitrogens with zero attached hydrogens (tertiary/aromatic N) is 3. The van der Waals surface area contributed by atoms with Crippen LogP contribution < -0.4 is 10.2 Å². The molecule has 1 saturated heterocycles. The quantitative estimate of drug-likeness (QED) is 0.803. The van der Waals surface area contributed by atoms with E-state index >= 15 is 0 Å². The van der Waals surface area contributed by atoms with Crippen LogP contribution in [0.3, 0.4) is 0 Å². The van der Waals surface area contributed by atoms with Gasteiger partial charge in [-0.3, -0.25) is 14.5 Å². The molecule has 150 valence electrons. The van der Waals surface area contributed by atoms with Gasteiger partial charge < -0.3 is 15.1 Å². The maximum atomic E-state index is 12.6. The maximum Gasteiger partial charge on any atom is 0.236 e. The van der Waals surface area contributed by atoms with Gasteiger partial charge in [-0.2, -0.15) is 0 Å². The van der Waals surface area contributed by atoms with Gasteiger partial charge in [-0.15, -0.1) is 0 Å². The molecule has 1 aliphatic heterocycles. The van der Waals surface area contributed by atoms with Crippen molar-refractivity contribution in [2.45, 2.75) is 33.2 Å². The molecule has 1 aromatic rings. The number of hydrogen-bond donors (Lipinski definition) is 1. The summed E-state index contributed by atoms with van der Waals surface area (Å²) in [7, 11) is 0. The van der Waals surface area contributed by atoms with Crippen molar-refractivity contribution in [3.63, 3.8) is 0 Å². The Balaban J connectivity index is 1.83. The minimum atomic E-state index is -0.267. The van der Waals surface area contributed by atoms with Crippen LogP contribution in [0.2, 0.25) is 5.02 Å². The van der Waals surface area contributed by atoms with Crippen molar-refractivity contribution in [1.29, 1.82) is 0 Å². The number of amides is 2. The first-order valence-electron chi connectivity index (χ1n) is 9.49. The maximum absolute atomic E-state index is 12.6. The molecule has 2 rings (SSSR count). The van der Waals surface area contributed by atoms with Gasteiger partial charge in [0, 0.05) is 42.4 Å². The van der Waals surface area contributed by atoms with E-state index < -0.39 is 0 Å². The summed E-state index contributed by atoms with van der Waals surface area (Å²) in [5.41, 5.74) is 0.820. The van der Waals surface area contributed by atoms with Crippen LogP contribution in [0.5, 0.6) is 0 Å². The number of rotatable bonds is 6. The van der Waals surface area contributed by atoms with E-state index in [9.17, 15) is 9.59 Å². The van der Waals surface area contributed by atoms with Gasteiger partial charge in [0.1, 0.15) is 0 Å². The Labute approximate surface area is 167 Å². The van der Waals surface area contributed by atoms with Crippen molar-refractivity contribution in [2.24, 2.45) is 0 Å². The summed E-state index contributed by atoms with van der Waals surface area (Å²) in [6.07, 6.45) is 0. The van der Waals surface area contributed by atoms with Crippen molar-refractivity contribution < 1.29 is 9.59 Å². The molecule has 0 bridgehead atoms. The number of anilines is 1. The molecule has 1 heterocycles. The van der Waals surface area contributed by atoms with E-state index in [2.05, 4.69) is 10.2 Å². The smallest absolute Gasteiger partial charge is 0.236 e. The van der Waals surface area contributed by atoms with E-state index in [4.69, 9.17) is 11.6 Å². The highest BCUT2D eigenvalue weighted by Gasteiger charge is 2.24. The van der Waals surface area contributed by atoms with Crippen molar-refractivity contribution in [3.05, 3.63) is 29.3 Å². The number of likely N-dealkylation sites (N-methyl/N-ethyl adjacent to an activating group) is 1. The second-order valence-electron chi connectivity index (χ2n) is 7.95. The summed E-state index contributed by atoms with van der Waals surface area (Å²) in [5, 5.41) is 3.66. The number of piperazine rings is 1. The molecule has 1 aliphatic rings. The van der Waals surface area contributed by atoms with E-state index in [1.165, 1.54) is 0 Å². The van der Waals surface area contributed by atoms with Gasteiger partial charge in [0.2, 0.25) is 11.8 Å². The largest absolute Gasteiger partial charge is 0.368 e. The number of benzene rings is 1. The molecule has 0 aliphatic carbocycles. The van der Waals surface area contributed by atoms with Crippen molar-refractivity contribution in [1.82, 2.24) is 15.1 Å². The van der Waals surface area contributed by atoms with E-state index in [-0.39, 0.29) is 30.4 Å². The summed E-state index contributed by atoms with van der Waals surface area (Å²) >= 11 is 6.07. The number of carbonyl (C=O) groups excluding carboxylic acids is 2. The fourth-order valence-electron chi connectivity index (χ4n) is 3.12. The first-order valence-corrected chi connectivity index (χ1v) is 9.87. The summed E-state index contributed by atoms with van der Waals surface area (Å²) in [6, 6.07) is 7.79. The Morgan fingerprint density at radius 1 is 1.15 bits per heavy atom. The Morgan fingerprint density at radius 3 is 2.37 bits per heavy atom. The van der Waals surface area contributed by atoms with Crippen LogP contribution in [0.25, 0.3) is 0 Å². The molecule has 0 radical (unpaired) electrons. The fraction of sp³-hybridized carbons (Fsp3) is 0.600. The van der Waals surface area contributed by atoms with Crippen LogP contribution in [-0.2, 0) is 9.59 Å². The average Bonchev–Trinajstić information content (AvgIpc) is 2.59. The minimum absolute atomic E-state index is 0.0528. The molecule has 1 aromatic carbocycles. The van der Waals surface area contributed by atoms with Crippen molar-refractivity contribution in [3.8, 4) is 0 Å². The molecule has 7 heteroatoms. The molecule has 0 unspecified atom stereocenters. The lowest BCUT2D eigenvalue weighted by Crippen LogP contribution is -2.52. The molecule has 6 nitrogen and oxygen atoms in total.